The number of carbonyl (C=O) groups excluding carboxylic acids is 1. The van der Waals surface area contributed by atoms with Gasteiger partial charge in [-0.1, -0.05) is 148 Å². The molecule has 0 aromatic heterocycles. The predicted molar refractivity (Wildman–Crippen MR) is 126 cm³/mol. The van der Waals surface area contributed by atoms with E-state index in [0.29, 0.717) is 0 Å². The normalized spacial score (nSPS) is 11.0. The van der Waals surface area contributed by atoms with Gasteiger partial charge in [-0.25, -0.2) is 0 Å². The van der Waals surface area contributed by atoms with Crippen LogP contribution in [0, 0.1) is 0 Å². The highest BCUT2D eigenvalue weighted by Gasteiger charge is 1.96. The molecule has 1 N–H and O–H groups in total. The summed E-state index contributed by atoms with van der Waals surface area (Å²) in [5, 5.41) is 2.73. The zero-order valence-corrected chi connectivity index (χ0v) is 19.5. The van der Waals surface area contributed by atoms with Gasteiger partial charge in [-0.15, -0.1) is 0 Å². The summed E-state index contributed by atoms with van der Waals surface area (Å²) in [6.07, 6.45) is 33.5. The van der Waals surface area contributed by atoms with Gasteiger partial charge in [0.25, 0.3) is 0 Å². The van der Waals surface area contributed by atoms with Gasteiger partial charge in [0, 0.05) is 6.54 Å². The molecule has 0 heterocycles. The highest BCUT2D eigenvalue weighted by atomic mass is 16.1. The smallest absolute Gasteiger partial charge is 0.207 e. The number of amides is 1. The van der Waals surface area contributed by atoms with E-state index in [1.165, 1.54) is 141 Å². The fraction of sp³-hybridized carbons (Fsp3) is 0.962. The lowest BCUT2D eigenvalue weighted by atomic mass is 10.0. The number of rotatable bonds is 25. The van der Waals surface area contributed by atoms with E-state index in [9.17, 15) is 4.79 Å². The van der Waals surface area contributed by atoms with Crippen molar-refractivity contribution in [2.75, 3.05) is 6.54 Å². The average Bonchev–Trinajstić information content (AvgIpc) is 2.71. The van der Waals surface area contributed by atoms with Crippen molar-refractivity contribution in [1.82, 2.24) is 5.32 Å². The summed E-state index contributed by atoms with van der Waals surface area (Å²) in [4.78, 5) is 10.1. The van der Waals surface area contributed by atoms with Gasteiger partial charge in [-0.05, 0) is 6.42 Å². The van der Waals surface area contributed by atoms with Crippen molar-refractivity contribution in [2.24, 2.45) is 0 Å². The number of hydrogen-bond donors (Lipinski definition) is 1. The quantitative estimate of drug-likeness (QED) is 0.121. The largest absolute Gasteiger partial charge is 0.359 e. The molecule has 0 aromatic carbocycles. The van der Waals surface area contributed by atoms with Gasteiger partial charge in [0.2, 0.25) is 6.41 Å². The van der Waals surface area contributed by atoms with Crippen LogP contribution in [-0.2, 0) is 4.79 Å². The van der Waals surface area contributed by atoms with Crippen molar-refractivity contribution in [3.05, 3.63) is 0 Å². The lowest BCUT2D eigenvalue weighted by Gasteiger charge is -2.04. The summed E-state index contributed by atoms with van der Waals surface area (Å²) in [6, 6.07) is 0. The van der Waals surface area contributed by atoms with Gasteiger partial charge in [0.1, 0.15) is 0 Å². The summed E-state index contributed by atoms with van der Waals surface area (Å²) in [7, 11) is 0. The van der Waals surface area contributed by atoms with Crippen LogP contribution in [0.25, 0.3) is 0 Å². The molecule has 0 aliphatic heterocycles. The van der Waals surface area contributed by atoms with Gasteiger partial charge in [0.05, 0.1) is 0 Å². The Morgan fingerprint density at radius 2 is 0.679 bits per heavy atom. The minimum absolute atomic E-state index is 0.804. The third kappa shape index (κ3) is 25.5. The lowest BCUT2D eigenvalue weighted by Crippen LogP contribution is -2.11. The van der Waals surface area contributed by atoms with E-state index in [1.54, 1.807) is 0 Å². The van der Waals surface area contributed by atoms with E-state index in [4.69, 9.17) is 0 Å². The van der Waals surface area contributed by atoms with Crippen molar-refractivity contribution in [1.29, 1.82) is 0 Å². The molecule has 168 valence electrons. The molecule has 0 rings (SSSR count). The highest BCUT2D eigenvalue weighted by molar-refractivity contribution is 5.45. The topological polar surface area (TPSA) is 29.1 Å². The Labute approximate surface area is 178 Å². The minimum Gasteiger partial charge on any atom is -0.359 e. The predicted octanol–water partition coefficient (Wildman–Crippen LogP) is 8.72. The van der Waals surface area contributed by atoms with Gasteiger partial charge < -0.3 is 5.32 Å². The van der Waals surface area contributed by atoms with E-state index in [1.807, 2.05) is 0 Å². The van der Waals surface area contributed by atoms with E-state index >= 15 is 0 Å². The molecule has 0 radical (unpaired) electrons. The van der Waals surface area contributed by atoms with Crippen LogP contribution in [-0.4, -0.2) is 13.0 Å². The second-order valence-electron chi connectivity index (χ2n) is 8.85. The summed E-state index contributed by atoms with van der Waals surface area (Å²) < 4.78 is 0. The molecule has 0 bridgehead atoms. The van der Waals surface area contributed by atoms with E-state index in [0.717, 1.165) is 19.4 Å². The van der Waals surface area contributed by atoms with Crippen LogP contribution >= 0.6 is 0 Å². The van der Waals surface area contributed by atoms with Crippen LogP contribution in [0.1, 0.15) is 155 Å². The molecular weight excluding hydrogens is 342 g/mol. The third-order valence-corrected chi connectivity index (χ3v) is 6.01. The molecule has 0 aromatic rings. The first-order valence-electron chi connectivity index (χ1n) is 13.1. The van der Waals surface area contributed by atoms with Gasteiger partial charge in [0.15, 0.2) is 0 Å². The van der Waals surface area contributed by atoms with Crippen molar-refractivity contribution >= 4 is 6.41 Å². The summed E-state index contributed by atoms with van der Waals surface area (Å²) in [5.74, 6) is 0. The second kappa shape index (κ2) is 26.5. The van der Waals surface area contributed by atoms with Crippen LogP contribution in [0.3, 0.4) is 0 Å². The maximum Gasteiger partial charge on any atom is 0.207 e. The lowest BCUT2D eigenvalue weighted by molar-refractivity contribution is -0.109. The Kier molecular flexibility index (Phi) is 26.0. The molecule has 2 heteroatoms. The molecule has 0 aliphatic rings. The summed E-state index contributed by atoms with van der Waals surface area (Å²) in [5.41, 5.74) is 0. The Morgan fingerprint density at radius 3 is 0.929 bits per heavy atom. The first-order chi connectivity index (χ1) is 13.9. The Hall–Kier alpha value is -0.530. The minimum atomic E-state index is 0.804. The molecule has 0 unspecified atom stereocenters. The SMILES string of the molecule is CCCCCCCCCCCCCCCCCCCCCCCCCNC=O. The number of hydrogen-bond acceptors (Lipinski definition) is 1. The van der Waals surface area contributed by atoms with Crippen LogP contribution in [0.4, 0.5) is 0 Å². The number of unbranched alkanes of at least 4 members (excludes halogenated alkanes) is 22. The third-order valence-electron chi connectivity index (χ3n) is 6.01. The van der Waals surface area contributed by atoms with Gasteiger partial charge >= 0.3 is 0 Å². The molecule has 2 nitrogen and oxygen atoms in total. The maximum absolute atomic E-state index is 10.1. The molecule has 0 atom stereocenters. The zero-order valence-electron chi connectivity index (χ0n) is 19.5. The molecule has 0 aliphatic carbocycles. The Balaban J connectivity index is 2.97. The molecule has 1 amide bonds. The standard InChI is InChI=1S/C26H53NO/c1-2-3-4-5-6-7-8-9-10-11-12-13-14-15-16-17-18-19-20-21-22-23-24-25-27-26-28/h26H,2-25H2,1H3,(H,27,28). The molecule has 0 fully saturated rings. The Bertz CT molecular complexity index is 280. The monoisotopic (exact) mass is 395 g/mol. The van der Waals surface area contributed by atoms with Crippen molar-refractivity contribution in [3.8, 4) is 0 Å². The van der Waals surface area contributed by atoms with E-state index in [2.05, 4.69) is 12.2 Å². The van der Waals surface area contributed by atoms with Crippen molar-refractivity contribution in [2.45, 2.75) is 155 Å². The Morgan fingerprint density at radius 1 is 0.429 bits per heavy atom. The van der Waals surface area contributed by atoms with E-state index in [-0.39, 0.29) is 0 Å². The maximum atomic E-state index is 10.1. The fourth-order valence-electron chi connectivity index (χ4n) is 4.07. The van der Waals surface area contributed by atoms with Crippen LogP contribution in [0.15, 0.2) is 0 Å². The van der Waals surface area contributed by atoms with Crippen LogP contribution < -0.4 is 5.32 Å². The second-order valence-corrected chi connectivity index (χ2v) is 8.85. The summed E-state index contributed by atoms with van der Waals surface area (Å²) in [6.45, 7) is 3.15. The first-order valence-corrected chi connectivity index (χ1v) is 13.1. The fourth-order valence-corrected chi connectivity index (χ4v) is 4.07. The molecule has 0 saturated heterocycles. The van der Waals surface area contributed by atoms with E-state index < -0.39 is 0 Å². The molecule has 0 spiro atoms. The van der Waals surface area contributed by atoms with Crippen LogP contribution in [0.5, 0.6) is 0 Å². The zero-order chi connectivity index (χ0) is 20.4. The van der Waals surface area contributed by atoms with Crippen LogP contribution in [0.2, 0.25) is 0 Å². The van der Waals surface area contributed by atoms with Crippen molar-refractivity contribution < 1.29 is 4.79 Å². The van der Waals surface area contributed by atoms with Crippen molar-refractivity contribution in [3.63, 3.8) is 0 Å². The highest BCUT2D eigenvalue weighted by Crippen LogP contribution is 2.15. The summed E-state index contributed by atoms with van der Waals surface area (Å²) >= 11 is 0. The van der Waals surface area contributed by atoms with Gasteiger partial charge in [-0.3, -0.25) is 4.79 Å². The molecule has 28 heavy (non-hydrogen) atoms. The molecule has 0 saturated carbocycles. The number of nitrogens with one attached hydrogen (secondary N) is 1. The molecular formula is C26H53NO. The average molecular weight is 396 g/mol. The number of carbonyl (C=O) groups is 1. The first kappa shape index (κ1) is 27.5. The van der Waals surface area contributed by atoms with Gasteiger partial charge in [-0.2, -0.15) is 0 Å².